The van der Waals surface area contributed by atoms with Gasteiger partial charge in [-0.05, 0) is 37.1 Å². The van der Waals surface area contributed by atoms with Crippen molar-refractivity contribution in [3.8, 4) is 5.75 Å². The van der Waals surface area contributed by atoms with Gasteiger partial charge in [0.1, 0.15) is 5.75 Å². The van der Waals surface area contributed by atoms with Crippen LogP contribution in [0.3, 0.4) is 0 Å². The molecule has 0 aliphatic carbocycles. The molecule has 9 heteroatoms. The zero-order valence-corrected chi connectivity index (χ0v) is 14.1. The first kappa shape index (κ1) is 18.8. The summed E-state index contributed by atoms with van der Waals surface area (Å²) in [6.45, 7) is 2.61. The Morgan fingerprint density at radius 1 is 1.15 bits per heavy atom. The van der Waals surface area contributed by atoms with Gasteiger partial charge in [-0.1, -0.05) is 0 Å². The molecular weight excluding hydrogens is 353 g/mol. The average molecular weight is 374 g/mol. The van der Waals surface area contributed by atoms with E-state index in [9.17, 15) is 18.0 Å². The molecule has 0 unspecified atom stereocenters. The van der Waals surface area contributed by atoms with Crippen molar-refractivity contribution < 1.29 is 32.2 Å². The molecule has 2 heterocycles. The molecule has 0 spiro atoms. The number of nitrogens with one attached hydrogen (secondary N) is 1. The molecule has 1 amide bonds. The third-order valence-corrected chi connectivity index (χ3v) is 4.39. The molecule has 1 aromatic rings. The van der Waals surface area contributed by atoms with Gasteiger partial charge in [-0.3, -0.25) is 4.79 Å². The summed E-state index contributed by atoms with van der Waals surface area (Å²) in [5.74, 6) is -0.394. The van der Waals surface area contributed by atoms with Crippen LogP contribution < -0.4 is 15.0 Å². The van der Waals surface area contributed by atoms with E-state index in [0.717, 1.165) is 18.5 Å². The molecule has 2 fully saturated rings. The number of anilines is 1. The number of hydrogen-bond donors (Lipinski definition) is 1. The van der Waals surface area contributed by atoms with Crippen LogP contribution in [-0.4, -0.2) is 57.3 Å². The number of rotatable bonds is 4. The summed E-state index contributed by atoms with van der Waals surface area (Å²) in [6.07, 6.45) is -3.74. The lowest BCUT2D eigenvalue weighted by molar-refractivity contribution is -0.274. The Balaban J connectivity index is 1.46. The monoisotopic (exact) mass is 374 g/mol. The zero-order valence-electron chi connectivity index (χ0n) is 14.1. The molecule has 0 aromatic heterocycles. The summed E-state index contributed by atoms with van der Waals surface area (Å²) in [7, 11) is 0. The minimum atomic E-state index is -4.69. The average Bonchev–Trinajstić information content (AvgIpc) is 2.62. The highest BCUT2D eigenvalue weighted by Crippen LogP contribution is 2.26. The van der Waals surface area contributed by atoms with Crippen molar-refractivity contribution in [3.05, 3.63) is 24.3 Å². The van der Waals surface area contributed by atoms with Crippen LogP contribution in [0.15, 0.2) is 24.3 Å². The lowest BCUT2D eigenvalue weighted by Gasteiger charge is -2.34. The molecule has 1 N–H and O–H groups in total. The van der Waals surface area contributed by atoms with Crippen molar-refractivity contribution in [1.82, 2.24) is 5.32 Å². The van der Waals surface area contributed by atoms with Gasteiger partial charge in [0.25, 0.3) is 5.91 Å². The standard InChI is InChI=1S/C17H21F3N2O4/c18-17(19,20)26-14-3-1-13(2-4-14)22-7-5-12(6-8-22)21-16(23)15-11-24-9-10-25-15/h1-4,12,15H,5-11H2,(H,21,23)/t15-/m1/s1. The fraction of sp³-hybridized carbons (Fsp3) is 0.588. The third-order valence-electron chi connectivity index (χ3n) is 4.39. The second-order valence-corrected chi connectivity index (χ2v) is 6.25. The first-order valence-electron chi connectivity index (χ1n) is 8.51. The highest BCUT2D eigenvalue weighted by Gasteiger charge is 2.31. The van der Waals surface area contributed by atoms with E-state index in [-0.39, 0.29) is 24.3 Å². The maximum absolute atomic E-state index is 12.2. The van der Waals surface area contributed by atoms with Crippen molar-refractivity contribution in [2.45, 2.75) is 31.3 Å². The van der Waals surface area contributed by atoms with E-state index in [4.69, 9.17) is 9.47 Å². The Kier molecular flexibility index (Phi) is 5.87. The number of ether oxygens (including phenoxy) is 3. The molecule has 2 aliphatic heterocycles. The Labute approximate surface area is 149 Å². The van der Waals surface area contributed by atoms with Gasteiger partial charge in [-0.2, -0.15) is 0 Å². The molecule has 0 saturated carbocycles. The van der Waals surface area contributed by atoms with Crippen LogP contribution in [0, 0.1) is 0 Å². The van der Waals surface area contributed by atoms with E-state index in [2.05, 4.69) is 15.0 Å². The number of halogens is 3. The molecule has 1 aromatic carbocycles. The maximum atomic E-state index is 12.2. The number of amides is 1. The maximum Gasteiger partial charge on any atom is 0.573 e. The molecule has 144 valence electrons. The number of carbonyl (C=O) groups is 1. The summed E-state index contributed by atoms with van der Waals surface area (Å²) in [6, 6.07) is 5.87. The van der Waals surface area contributed by atoms with E-state index in [1.165, 1.54) is 12.1 Å². The Morgan fingerprint density at radius 3 is 2.42 bits per heavy atom. The summed E-state index contributed by atoms with van der Waals surface area (Å²) < 4.78 is 51.1. The van der Waals surface area contributed by atoms with Crippen LogP contribution in [0.25, 0.3) is 0 Å². The second kappa shape index (κ2) is 8.13. The normalized spacial score (nSPS) is 22.1. The van der Waals surface area contributed by atoms with Gasteiger partial charge < -0.3 is 24.4 Å². The predicted molar refractivity (Wildman–Crippen MR) is 87.1 cm³/mol. The van der Waals surface area contributed by atoms with Gasteiger partial charge >= 0.3 is 6.36 Å². The van der Waals surface area contributed by atoms with Crippen molar-refractivity contribution >= 4 is 11.6 Å². The highest BCUT2D eigenvalue weighted by atomic mass is 19.4. The first-order valence-corrected chi connectivity index (χ1v) is 8.51. The van der Waals surface area contributed by atoms with Gasteiger partial charge in [-0.25, -0.2) is 0 Å². The minimum Gasteiger partial charge on any atom is -0.406 e. The van der Waals surface area contributed by atoms with E-state index < -0.39 is 12.5 Å². The van der Waals surface area contributed by atoms with Crippen LogP contribution in [0.1, 0.15) is 12.8 Å². The SMILES string of the molecule is O=C(NC1CCN(c2ccc(OC(F)(F)F)cc2)CC1)[C@H]1COCCO1. The fourth-order valence-electron chi connectivity index (χ4n) is 3.07. The molecule has 2 saturated heterocycles. The lowest BCUT2D eigenvalue weighted by atomic mass is 10.0. The molecule has 0 bridgehead atoms. The Hall–Kier alpha value is -2.00. The Morgan fingerprint density at radius 2 is 1.85 bits per heavy atom. The van der Waals surface area contributed by atoms with Gasteiger partial charge in [0.05, 0.1) is 19.8 Å². The number of nitrogens with zero attached hydrogens (tertiary/aromatic N) is 1. The zero-order chi connectivity index (χ0) is 18.6. The molecule has 1 atom stereocenters. The summed E-state index contributed by atoms with van der Waals surface area (Å²) in [5.41, 5.74) is 0.827. The van der Waals surface area contributed by atoms with Gasteiger partial charge in [0.2, 0.25) is 0 Å². The fourth-order valence-corrected chi connectivity index (χ4v) is 3.07. The smallest absolute Gasteiger partial charge is 0.406 e. The number of alkyl halides is 3. The number of piperidine rings is 1. The van der Waals surface area contributed by atoms with Crippen LogP contribution in [0.5, 0.6) is 5.75 Å². The molecule has 2 aliphatic rings. The summed E-state index contributed by atoms with van der Waals surface area (Å²) in [5, 5.41) is 2.98. The lowest BCUT2D eigenvalue weighted by Crippen LogP contribution is -2.50. The Bertz CT molecular complexity index is 595. The largest absolute Gasteiger partial charge is 0.573 e. The van der Waals surface area contributed by atoms with Gasteiger partial charge in [0.15, 0.2) is 6.10 Å². The number of benzene rings is 1. The predicted octanol–water partition coefficient (Wildman–Crippen LogP) is 2.09. The topological polar surface area (TPSA) is 60.0 Å². The van der Waals surface area contributed by atoms with E-state index in [0.29, 0.717) is 26.3 Å². The molecule has 6 nitrogen and oxygen atoms in total. The second-order valence-electron chi connectivity index (χ2n) is 6.25. The van der Waals surface area contributed by atoms with Crippen molar-refractivity contribution in [2.75, 3.05) is 37.8 Å². The van der Waals surface area contributed by atoms with Crippen molar-refractivity contribution in [2.24, 2.45) is 0 Å². The quantitative estimate of drug-likeness (QED) is 0.875. The van der Waals surface area contributed by atoms with Crippen LogP contribution in [-0.2, 0) is 14.3 Å². The number of hydrogen-bond acceptors (Lipinski definition) is 5. The minimum absolute atomic E-state index is 0.0529. The van der Waals surface area contributed by atoms with E-state index >= 15 is 0 Å². The third kappa shape index (κ3) is 5.25. The first-order chi connectivity index (χ1) is 12.4. The van der Waals surface area contributed by atoms with Gasteiger partial charge in [-0.15, -0.1) is 13.2 Å². The van der Waals surface area contributed by atoms with Crippen molar-refractivity contribution in [1.29, 1.82) is 0 Å². The molecule has 3 rings (SSSR count). The van der Waals surface area contributed by atoms with E-state index in [1.54, 1.807) is 12.1 Å². The summed E-state index contributed by atoms with van der Waals surface area (Å²) >= 11 is 0. The van der Waals surface area contributed by atoms with Gasteiger partial charge in [0, 0.05) is 24.8 Å². The molecular formula is C17H21F3N2O4. The molecule has 0 radical (unpaired) electrons. The van der Waals surface area contributed by atoms with E-state index in [1.807, 2.05) is 0 Å². The van der Waals surface area contributed by atoms with Crippen LogP contribution in [0.2, 0.25) is 0 Å². The summed E-state index contributed by atoms with van der Waals surface area (Å²) in [4.78, 5) is 14.2. The van der Waals surface area contributed by atoms with Crippen LogP contribution >= 0.6 is 0 Å². The molecule has 26 heavy (non-hydrogen) atoms. The number of carbonyl (C=O) groups excluding carboxylic acids is 1. The highest BCUT2D eigenvalue weighted by molar-refractivity contribution is 5.81. The van der Waals surface area contributed by atoms with Crippen molar-refractivity contribution in [3.63, 3.8) is 0 Å². The van der Waals surface area contributed by atoms with Crippen LogP contribution in [0.4, 0.5) is 18.9 Å².